The minimum Gasteiger partial charge on any atom is -0.353 e. The average molecular weight is 329 g/mol. The van der Waals surface area contributed by atoms with Crippen molar-refractivity contribution >= 4 is 17.7 Å². The van der Waals surface area contributed by atoms with Crippen LogP contribution in [-0.2, 0) is 0 Å². The van der Waals surface area contributed by atoms with E-state index in [1.807, 2.05) is 6.92 Å². The third-order valence-corrected chi connectivity index (χ3v) is 4.94. The lowest BCUT2D eigenvalue weighted by atomic mass is 9.93. The molecule has 0 unspecified atom stereocenters. The van der Waals surface area contributed by atoms with Crippen molar-refractivity contribution in [1.29, 1.82) is 5.26 Å². The molecule has 3 aliphatic rings. The van der Waals surface area contributed by atoms with Gasteiger partial charge >= 0.3 is 0 Å². The molecular weight excluding hydrogens is 306 g/mol. The molecule has 0 spiro atoms. The minimum absolute atomic E-state index is 0.0836. The van der Waals surface area contributed by atoms with Crippen LogP contribution in [0, 0.1) is 16.7 Å². The standard InChI is InChI=1S/C17H23N5S/c1-10-12(7-8-18)20-16(19-11-5-6-11)22-14(10)15-21-13(9-23-15)17(2,3)4/h9,11,21H,5-7H2,1-4H3,(H2,19,20,22). The van der Waals surface area contributed by atoms with E-state index in [4.69, 9.17) is 5.26 Å². The Kier molecular flexibility index (Phi) is 4.15. The van der Waals surface area contributed by atoms with Gasteiger partial charge in [0.2, 0.25) is 5.96 Å². The van der Waals surface area contributed by atoms with Gasteiger partial charge in [-0.1, -0.05) is 32.5 Å². The van der Waals surface area contributed by atoms with Crippen molar-refractivity contribution in [1.82, 2.24) is 16.0 Å². The molecule has 23 heavy (non-hydrogen) atoms. The molecule has 6 heteroatoms. The number of nitriles is 1. The molecule has 122 valence electrons. The predicted octanol–water partition coefficient (Wildman–Crippen LogP) is 3.28. The zero-order valence-electron chi connectivity index (χ0n) is 14.1. The second-order valence-corrected chi connectivity index (χ2v) is 8.02. The normalized spacial score (nSPS) is 24.5. The molecule has 0 aromatic heterocycles. The summed E-state index contributed by atoms with van der Waals surface area (Å²) >= 11 is 1.69. The summed E-state index contributed by atoms with van der Waals surface area (Å²) in [6, 6.07) is 2.73. The van der Waals surface area contributed by atoms with Gasteiger partial charge in [0.25, 0.3) is 0 Å². The molecule has 0 bridgehead atoms. The lowest BCUT2D eigenvalue weighted by Gasteiger charge is -2.25. The molecule has 5 nitrogen and oxygen atoms in total. The van der Waals surface area contributed by atoms with Gasteiger partial charge in [-0.2, -0.15) is 5.26 Å². The number of nitrogens with one attached hydrogen (secondary N) is 3. The summed E-state index contributed by atoms with van der Waals surface area (Å²) < 4.78 is 0. The van der Waals surface area contributed by atoms with Crippen LogP contribution in [0.5, 0.6) is 0 Å². The summed E-state index contributed by atoms with van der Waals surface area (Å²) in [6.07, 6.45) is 2.70. The number of rotatable bonds is 2. The highest BCUT2D eigenvalue weighted by molar-refractivity contribution is 8.06. The Morgan fingerprint density at radius 1 is 1.39 bits per heavy atom. The summed E-state index contributed by atoms with van der Waals surface area (Å²) in [5.41, 5.74) is 4.18. The maximum atomic E-state index is 9.08. The molecule has 0 aromatic carbocycles. The Morgan fingerprint density at radius 2 is 2.13 bits per heavy atom. The summed E-state index contributed by atoms with van der Waals surface area (Å²) in [4.78, 5) is 4.59. The summed E-state index contributed by atoms with van der Waals surface area (Å²) in [7, 11) is 0. The SMILES string of the molecule is CC1=C(CC#N)N=C(NC2CC2)NC1=C1NC(C(C)(C)C)=CS1. The molecule has 1 saturated carbocycles. The maximum Gasteiger partial charge on any atom is 0.201 e. The number of hydrogen-bond donors (Lipinski definition) is 3. The number of guanidine groups is 1. The quantitative estimate of drug-likeness (QED) is 0.725. The number of thioether (sulfide) groups is 1. The monoisotopic (exact) mass is 329 g/mol. The Bertz CT molecular complexity index is 681. The van der Waals surface area contributed by atoms with Gasteiger partial charge in [0.1, 0.15) is 5.03 Å². The third kappa shape index (κ3) is 3.56. The van der Waals surface area contributed by atoms with E-state index >= 15 is 0 Å². The van der Waals surface area contributed by atoms with Gasteiger partial charge < -0.3 is 16.0 Å². The van der Waals surface area contributed by atoms with Crippen molar-refractivity contribution in [3.8, 4) is 6.07 Å². The van der Waals surface area contributed by atoms with E-state index in [2.05, 4.69) is 53.2 Å². The molecule has 0 amide bonds. The van der Waals surface area contributed by atoms with Crippen LogP contribution in [0.3, 0.4) is 0 Å². The van der Waals surface area contributed by atoms with E-state index in [9.17, 15) is 0 Å². The molecule has 1 aliphatic carbocycles. The fraction of sp³-hybridized carbons (Fsp3) is 0.529. The predicted molar refractivity (Wildman–Crippen MR) is 94.9 cm³/mol. The van der Waals surface area contributed by atoms with Crippen LogP contribution in [0.25, 0.3) is 0 Å². The van der Waals surface area contributed by atoms with E-state index < -0.39 is 0 Å². The highest BCUT2D eigenvalue weighted by Gasteiger charge is 2.29. The van der Waals surface area contributed by atoms with Crippen molar-refractivity contribution in [3.05, 3.63) is 33.1 Å². The average Bonchev–Trinajstić information content (AvgIpc) is 3.13. The van der Waals surface area contributed by atoms with Gasteiger partial charge in [0.15, 0.2) is 0 Å². The Balaban J connectivity index is 1.88. The minimum atomic E-state index is 0.0836. The van der Waals surface area contributed by atoms with Gasteiger partial charge in [0.05, 0.1) is 23.9 Å². The van der Waals surface area contributed by atoms with Crippen LogP contribution in [0.1, 0.15) is 47.0 Å². The van der Waals surface area contributed by atoms with Crippen molar-refractivity contribution in [2.24, 2.45) is 10.4 Å². The van der Waals surface area contributed by atoms with Gasteiger partial charge in [-0.3, -0.25) is 0 Å². The van der Waals surface area contributed by atoms with Crippen molar-refractivity contribution in [2.45, 2.75) is 53.0 Å². The molecule has 2 aliphatic heterocycles. The van der Waals surface area contributed by atoms with Crippen LogP contribution in [-0.4, -0.2) is 12.0 Å². The molecule has 0 radical (unpaired) electrons. The zero-order chi connectivity index (χ0) is 16.6. The summed E-state index contributed by atoms with van der Waals surface area (Å²) in [6.45, 7) is 8.61. The van der Waals surface area contributed by atoms with Crippen LogP contribution < -0.4 is 16.0 Å². The second-order valence-electron chi connectivity index (χ2n) is 7.14. The van der Waals surface area contributed by atoms with E-state index in [0.717, 1.165) is 28.0 Å². The molecule has 3 N–H and O–H groups in total. The lowest BCUT2D eigenvalue weighted by molar-refractivity contribution is 0.480. The van der Waals surface area contributed by atoms with Gasteiger partial charge in [0, 0.05) is 17.2 Å². The fourth-order valence-electron chi connectivity index (χ4n) is 2.35. The van der Waals surface area contributed by atoms with Crippen molar-refractivity contribution in [2.75, 3.05) is 0 Å². The van der Waals surface area contributed by atoms with Crippen LogP contribution >= 0.6 is 11.8 Å². The summed E-state index contributed by atoms with van der Waals surface area (Å²) in [5.74, 6) is 0.762. The highest BCUT2D eigenvalue weighted by atomic mass is 32.2. The molecule has 0 saturated heterocycles. The first-order chi connectivity index (χ1) is 10.9. The van der Waals surface area contributed by atoms with Crippen LogP contribution in [0.4, 0.5) is 0 Å². The lowest BCUT2D eigenvalue weighted by Crippen LogP contribution is -2.41. The van der Waals surface area contributed by atoms with Gasteiger partial charge in [-0.25, -0.2) is 4.99 Å². The van der Waals surface area contributed by atoms with Crippen molar-refractivity contribution in [3.63, 3.8) is 0 Å². The maximum absolute atomic E-state index is 9.08. The fourth-order valence-corrected chi connectivity index (χ4v) is 3.49. The molecule has 2 heterocycles. The first kappa shape index (κ1) is 16.0. The van der Waals surface area contributed by atoms with E-state index in [0.29, 0.717) is 12.5 Å². The van der Waals surface area contributed by atoms with Gasteiger partial charge in [-0.05, 0) is 30.7 Å². The number of allylic oxidation sites excluding steroid dienone is 3. The molecule has 1 fully saturated rings. The molecular formula is C17H23N5S. The molecule has 0 aromatic rings. The Morgan fingerprint density at radius 3 is 2.70 bits per heavy atom. The highest BCUT2D eigenvalue weighted by Crippen LogP contribution is 2.37. The van der Waals surface area contributed by atoms with Gasteiger partial charge in [-0.15, -0.1) is 0 Å². The largest absolute Gasteiger partial charge is 0.353 e. The summed E-state index contributed by atoms with van der Waals surface area (Å²) in [5, 5.41) is 22.7. The zero-order valence-corrected chi connectivity index (χ0v) is 14.9. The topological polar surface area (TPSA) is 72.2 Å². The van der Waals surface area contributed by atoms with Crippen LogP contribution in [0.15, 0.2) is 38.1 Å². The number of hydrogen-bond acceptors (Lipinski definition) is 6. The number of nitrogens with zero attached hydrogens (tertiary/aromatic N) is 2. The smallest absolute Gasteiger partial charge is 0.201 e. The Hall–Kier alpha value is -1.87. The second kappa shape index (κ2) is 5.97. The number of aliphatic imine (C=N–C) groups is 1. The Labute approximate surface area is 142 Å². The first-order valence-electron chi connectivity index (χ1n) is 7.96. The first-order valence-corrected chi connectivity index (χ1v) is 8.84. The van der Waals surface area contributed by atoms with E-state index in [1.165, 1.54) is 18.5 Å². The molecule has 0 atom stereocenters. The third-order valence-electron chi connectivity index (χ3n) is 4.04. The van der Waals surface area contributed by atoms with E-state index in [-0.39, 0.29) is 5.41 Å². The molecule has 3 rings (SSSR count). The van der Waals surface area contributed by atoms with Crippen molar-refractivity contribution < 1.29 is 0 Å². The van der Waals surface area contributed by atoms with Crippen LogP contribution in [0.2, 0.25) is 0 Å². The van der Waals surface area contributed by atoms with E-state index in [1.54, 1.807) is 11.8 Å².